The van der Waals surface area contributed by atoms with Crippen LogP contribution in [0.1, 0.15) is 16.8 Å². The molecule has 0 spiro atoms. The van der Waals surface area contributed by atoms with Crippen LogP contribution in [0.15, 0.2) is 42.5 Å². The van der Waals surface area contributed by atoms with E-state index in [2.05, 4.69) is 0 Å². The van der Waals surface area contributed by atoms with Gasteiger partial charge in [0.15, 0.2) is 0 Å². The predicted molar refractivity (Wildman–Crippen MR) is 106 cm³/mol. The molecule has 0 bridgehead atoms. The molecule has 3 rings (SSSR count). The average molecular weight is 408 g/mol. The number of nitrogens with zero attached hydrogens (tertiary/aromatic N) is 2. The van der Waals surface area contributed by atoms with Crippen molar-refractivity contribution in [3.63, 3.8) is 0 Å². The maximum atomic E-state index is 13.0. The van der Waals surface area contributed by atoms with E-state index in [1.165, 1.54) is 18.2 Å². The summed E-state index contributed by atoms with van der Waals surface area (Å²) in [6, 6.07) is 10.9. The number of methoxy groups -OCH3 is 1. The van der Waals surface area contributed by atoms with Gasteiger partial charge in [0.25, 0.3) is 11.6 Å². The molecule has 8 nitrogen and oxygen atoms in total. The fraction of sp³-hybridized carbons (Fsp3) is 0.316. The highest BCUT2D eigenvalue weighted by Crippen LogP contribution is 2.31. The number of rotatable bonds is 6. The minimum absolute atomic E-state index is 0. The van der Waals surface area contributed by atoms with Gasteiger partial charge in [0.2, 0.25) is 0 Å². The Morgan fingerprint density at radius 3 is 2.50 bits per heavy atom. The van der Waals surface area contributed by atoms with Crippen molar-refractivity contribution in [2.45, 2.75) is 6.42 Å². The van der Waals surface area contributed by atoms with Crippen LogP contribution in [-0.4, -0.2) is 42.5 Å². The minimum Gasteiger partial charge on any atom is -0.497 e. The molecule has 0 aliphatic carbocycles. The van der Waals surface area contributed by atoms with Crippen LogP contribution in [0.4, 0.5) is 5.69 Å². The Labute approximate surface area is 168 Å². The lowest BCUT2D eigenvalue weighted by Crippen LogP contribution is -2.30. The van der Waals surface area contributed by atoms with E-state index in [4.69, 9.17) is 15.2 Å². The Morgan fingerprint density at radius 2 is 1.93 bits per heavy atom. The summed E-state index contributed by atoms with van der Waals surface area (Å²) in [6.07, 6.45) is 0.825. The second-order valence-electron chi connectivity index (χ2n) is 6.36. The highest BCUT2D eigenvalue weighted by atomic mass is 35.5. The molecule has 2 aromatic carbocycles. The summed E-state index contributed by atoms with van der Waals surface area (Å²) in [7, 11) is 1.56. The van der Waals surface area contributed by atoms with Gasteiger partial charge < -0.3 is 20.1 Å². The minimum atomic E-state index is -0.527. The zero-order valence-corrected chi connectivity index (χ0v) is 16.2. The third-order valence-electron chi connectivity index (χ3n) is 4.60. The molecule has 0 radical (unpaired) electrons. The van der Waals surface area contributed by atoms with Crippen molar-refractivity contribution in [1.82, 2.24) is 4.90 Å². The van der Waals surface area contributed by atoms with Crippen LogP contribution < -0.4 is 15.2 Å². The van der Waals surface area contributed by atoms with Crippen LogP contribution in [0, 0.1) is 16.0 Å². The first-order valence-corrected chi connectivity index (χ1v) is 8.61. The molecule has 1 atom stereocenters. The first kappa shape index (κ1) is 21.5. The zero-order chi connectivity index (χ0) is 19.4. The van der Waals surface area contributed by atoms with Gasteiger partial charge in [0.1, 0.15) is 17.2 Å². The summed E-state index contributed by atoms with van der Waals surface area (Å²) in [5.74, 6) is 1.40. The van der Waals surface area contributed by atoms with Gasteiger partial charge in [-0.2, -0.15) is 0 Å². The molecule has 28 heavy (non-hydrogen) atoms. The van der Waals surface area contributed by atoms with E-state index in [1.807, 2.05) is 0 Å². The number of likely N-dealkylation sites (tertiary alicyclic amines) is 1. The van der Waals surface area contributed by atoms with Gasteiger partial charge in [-0.1, -0.05) is 0 Å². The zero-order valence-electron chi connectivity index (χ0n) is 15.4. The van der Waals surface area contributed by atoms with Gasteiger partial charge in [-0.25, -0.2) is 0 Å². The second kappa shape index (κ2) is 9.38. The van der Waals surface area contributed by atoms with Gasteiger partial charge >= 0.3 is 0 Å². The SMILES string of the molecule is COc1ccc(Oc2ccc([N+](=O)[O-])cc2C(=O)N2CCC(CN)C2)cc1.Cl. The number of ether oxygens (including phenoxy) is 2. The Hall–Kier alpha value is -2.84. The molecule has 1 aliphatic rings. The maximum absolute atomic E-state index is 13.0. The first-order valence-electron chi connectivity index (χ1n) is 8.61. The van der Waals surface area contributed by atoms with Gasteiger partial charge in [0.05, 0.1) is 17.6 Å². The maximum Gasteiger partial charge on any atom is 0.270 e. The van der Waals surface area contributed by atoms with E-state index >= 15 is 0 Å². The van der Waals surface area contributed by atoms with E-state index in [0.29, 0.717) is 31.1 Å². The summed E-state index contributed by atoms with van der Waals surface area (Å²) < 4.78 is 10.9. The van der Waals surface area contributed by atoms with Crippen molar-refractivity contribution in [1.29, 1.82) is 0 Å². The lowest BCUT2D eigenvalue weighted by atomic mass is 10.1. The smallest absolute Gasteiger partial charge is 0.270 e. The van der Waals surface area contributed by atoms with Crippen LogP contribution >= 0.6 is 12.4 Å². The number of benzene rings is 2. The summed E-state index contributed by atoms with van der Waals surface area (Å²) in [5, 5.41) is 11.1. The van der Waals surface area contributed by atoms with Crippen molar-refractivity contribution in [2.24, 2.45) is 11.7 Å². The Kier molecular flexibility index (Phi) is 7.19. The van der Waals surface area contributed by atoms with Crippen molar-refractivity contribution in [3.05, 3.63) is 58.1 Å². The molecule has 1 unspecified atom stereocenters. The molecule has 2 N–H and O–H groups in total. The van der Waals surface area contributed by atoms with Crippen molar-refractivity contribution < 1.29 is 19.2 Å². The van der Waals surface area contributed by atoms with E-state index in [0.717, 1.165) is 6.42 Å². The quantitative estimate of drug-likeness (QED) is 0.581. The van der Waals surface area contributed by atoms with Crippen LogP contribution in [0.2, 0.25) is 0 Å². The van der Waals surface area contributed by atoms with Gasteiger partial charge in [-0.05, 0) is 49.2 Å². The molecular weight excluding hydrogens is 386 g/mol. The molecule has 1 fully saturated rings. The number of nitrogens with two attached hydrogens (primary N) is 1. The van der Waals surface area contributed by atoms with Gasteiger partial charge in [0, 0.05) is 25.2 Å². The Bertz CT molecular complexity index is 844. The molecule has 0 aromatic heterocycles. The molecule has 0 saturated carbocycles. The van der Waals surface area contributed by atoms with Crippen molar-refractivity contribution >= 4 is 24.0 Å². The van der Waals surface area contributed by atoms with Crippen LogP contribution in [0.25, 0.3) is 0 Å². The number of amides is 1. The van der Waals surface area contributed by atoms with Gasteiger partial charge in [-0.3, -0.25) is 14.9 Å². The van der Waals surface area contributed by atoms with Crippen LogP contribution in [0.3, 0.4) is 0 Å². The molecule has 1 heterocycles. The average Bonchev–Trinajstić information content (AvgIpc) is 3.17. The molecule has 9 heteroatoms. The Morgan fingerprint density at radius 1 is 1.25 bits per heavy atom. The van der Waals surface area contributed by atoms with E-state index in [9.17, 15) is 14.9 Å². The molecule has 1 aliphatic heterocycles. The van der Waals surface area contributed by atoms with Crippen molar-refractivity contribution in [2.75, 3.05) is 26.7 Å². The largest absolute Gasteiger partial charge is 0.497 e. The summed E-state index contributed by atoms with van der Waals surface area (Å²) in [5.41, 5.74) is 5.70. The lowest BCUT2D eigenvalue weighted by molar-refractivity contribution is -0.384. The number of carbonyl (C=O) groups excluding carboxylic acids is 1. The monoisotopic (exact) mass is 407 g/mol. The predicted octanol–water partition coefficient (Wildman–Crippen LogP) is 3.24. The Balaban J connectivity index is 0.00000280. The fourth-order valence-corrected chi connectivity index (χ4v) is 3.04. The van der Waals surface area contributed by atoms with E-state index < -0.39 is 4.92 Å². The third-order valence-corrected chi connectivity index (χ3v) is 4.60. The molecular formula is C19H22ClN3O5. The number of nitro benzene ring substituents is 1. The summed E-state index contributed by atoms with van der Waals surface area (Å²) in [6.45, 7) is 1.62. The number of nitro groups is 1. The summed E-state index contributed by atoms with van der Waals surface area (Å²) >= 11 is 0. The van der Waals surface area contributed by atoms with Crippen LogP contribution in [-0.2, 0) is 0 Å². The number of halogens is 1. The number of hydrogen-bond acceptors (Lipinski definition) is 6. The lowest BCUT2D eigenvalue weighted by Gasteiger charge is -2.18. The highest BCUT2D eigenvalue weighted by Gasteiger charge is 2.29. The highest BCUT2D eigenvalue weighted by molar-refractivity contribution is 5.98. The normalized spacial score (nSPS) is 15.6. The van der Waals surface area contributed by atoms with E-state index in [1.54, 1.807) is 36.3 Å². The second-order valence-corrected chi connectivity index (χ2v) is 6.36. The topological polar surface area (TPSA) is 108 Å². The summed E-state index contributed by atoms with van der Waals surface area (Å²) in [4.78, 5) is 25.2. The molecule has 1 saturated heterocycles. The number of carbonyl (C=O) groups is 1. The first-order chi connectivity index (χ1) is 13.0. The third kappa shape index (κ3) is 4.71. The standard InChI is InChI=1S/C19H21N3O5.ClH/c1-26-15-3-5-16(6-4-15)27-18-7-2-14(22(24)25)10-17(18)19(23)21-9-8-13(11-20)12-21;/h2-7,10,13H,8-9,11-12,20H2,1H3;1H. The molecule has 1 amide bonds. The fourth-order valence-electron chi connectivity index (χ4n) is 3.04. The molecule has 150 valence electrons. The van der Waals surface area contributed by atoms with Crippen molar-refractivity contribution in [3.8, 4) is 17.2 Å². The van der Waals surface area contributed by atoms with Gasteiger partial charge in [-0.15, -0.1) is 12.4 Å². The molecule has 2 aromatic rings. The number of hydrogen-bond donors (Lipinski definition) is 1. The van der Waals surface area contributed by atoms with Crippen LogP contribution in [0.5, 0.6) is 17.2 Å². The number of non-ortho nitro benzene ring substituents is 1. The van der Waals surface area contributed by atoms with E-state index in [-0.39, 0.29) is 41.2 Å².